The SMILES string of the molecule is CC(C)(C)OC(=O)N(CCCC/C=C/c1cnc2c(c1)[C@@]1(Cc3cc(C(=O)O)cnc3C1)C(=O)N2)C(=O)OC(C)(C)C. The Morgan fingerprint density at radius 3 is 2.29 bits per heavy atom. The highest BCUT2D eigenvalue weighted by atomic mass is 16.6. The molecular formula is C31H38N4O7. The summed E-state index contributed by atoms with van der Waals surface area (Å²) in [5.41, 5.74) is 0.801. The van der Waals surface area contributed by atoms with Crippen LogP contribution in [-0.4, -0.2) is 61.8 Å². The number of rotatable bonds is 7. The Morgan fingerprint density at radius 1 is 1.00 bits per heavy atom. The molecule has 0 unspecified atom stereocenters. The molecule has 42 heavy (non-hydrogen) atoms. The van der Waals surface area contributed by atoms with Crippen molar-refractivity contribution in [3.05, 3.63) is 58.6 Å². The largest absolute Gasteiger partial charge is 0.478 e. The van der Waals surface area contributed by atoms with E-state index in [4.69, 9.17) is 9.47 Å². The molecule has 0 saturated carbocycles. The summed E-state index contributed by atoms with van der Waals surface area (Å²) in [5, 5.41) is 12.2. The third-order valence-electron chi connectivity index (χ3n) is 6.90. The maximum Gasteiger partial charge on any atom is 0.419 e. The van der Waals surface area contributed by atoms with Crippen molar-refractivity contribution in [2.24, 2.45) is 0 Å². The number of unbranched alkanes of at least 4 members (excludes halogenated alkanes) is 2. The van der Waals surface area contributed by atoms with E-state index in [9.17, 15) is 24.3 Å². The molecule has 1 aliphatic carbocycles. The molecular weight excluding hydrogens is 540 g/mol. The summed E-state index contributed by atoms with van der Waals surface area (Å²) in [7, 11) is 0. The smallest absolute Gasteiger partial charge is 0.419 e. The van der Waals surface area contributed by atoms with Gasteiger partial charge >= 0.3 is 18.2 Å². The average Bonchev–Trinajstić information content (AvgIpc) is 3.38. The van der Waals surface area contributed by atoms with Crippen LogP contribution in [0.5, 0.6) is 0 Å². The van der Waals surface area contributed by atoms with E-state index in [1.807, 2.05) is 18.2 Å². The van der Waals surface area contributed by atoms with Crippen LogP contribution in [0.1, 0.15) is 93.5 Å². The summed E-state index contributed by atoms with van der Waals surface area (Å²) in [5.74, 6) is -0.715. The second-order valence-electron chi connectivity index (χ2n) is 12.7. The van der Waals surface area contributed by atoms with Gasteiger partial charge in [-0.15, -0.1) is 0 Å². The van der Waals surface area contributed by atoms with Gasteiger partial charge in [-0.25, -0.2) is 24.3 Å². The Labute approximate surface area is 245 Å². The van der Waals surface area contributed by atoms with Crippen LogP contribution in [0.3, 0.4) is 0 Å². The van der Waals surface area contributed by atoms with Crippen molar-refractivity contribution in [2.75, 3.05) is 11.9 Å². The molecule has 2 aromatic rings. The minimum atomic E-state index is -1.06. The number of hydrogen-bond donors (Lipinski definition) is 2. The summed E-state index contributed by atoms with van der Waals surface area (Å²) < 4.78 is 10.8. The number of hydrogen-bond acceptors (Lipinski definition) is 8. The number of aromatic nitrogens is 2. The van der Waals surface area contributed by atoms with Gasteiger partial charge in [-0.3, -0.25) is 9.78 Å². The van der Waals surface area contributed by atoms with Gasteiger partial charge < -0.3 is 19.9 Å². The fourth-order valence-electron chi connectivity index (χ4n) is 5.02. The molecule has 11 nitrogen and oxygen atoms in total. The van der Waals surface area contributed by atoms with Crippen LogP contribution in [-0.2, 0) is 32.5 Å². The first kappa shape index (κ1) is 30.7. The van der Waals surface area contributed by atoms with Crippen LogP contribution in [0.25, 0.3) is 6.08 Å². The second-order valence-corrected chi connectivity index (χ2v) is 12.7. The number of allylic oxidation sites excluding steroid dienone is 1. The van der Waals surface area contributed by atoms with Gasteiger partial charge in [-0.1, -0.05) is 12.2 Å². The zero-order valence-electron chi connectivity index (χ0n) is 24.9. The lowest BCUT2D eigenvalue weighted by molar-refractivity contribution is -0.120. The number of nitrogens with one attached hydrogen (secondary N) is 1. The van der Waals surface area contributed by atoms with Crippen molar-refractivity contribution in [3.8, 4) is 0 Å². The maximum absolute atomic E-state index is 13.1. The van der Waals surface area contributed by atoms with Gasteiger partial charge in [0.2, 0.25) is 5.91 Å². The minimum absolute atomic E-state index is 0.0968. The van der Waals surface area contributed by atoms with E-state index < -0.39 is 34.8 Å². The van der Waals surface area contributed by atoms with E-state index in [-0.39, 0.29) is 18.0 Å². The Bertz CT molecular complexity index is 1410. The molecule has 0 radical (unpaired) electrons. The Balaban J connectivity index is 1.38. The normalized spacial score (nSPS) is 17.6. The highest BCUT2D eigenvalue weighted by Crippen LogP contribution is 2.46. The zero-order valence-corrected chi connectivity index (χ0v) is 24.9. The molecule has 4 rings (SSSR count). The molecule has 0 saturated heterocycles. The monoisotopic (exact) mass is 578 g/mol. The van der Waals surface area contributed by atoms with Gasteiger partial charge in [0, 0.05) is 36.6 Å². The van der Waals surface area contributed by atoms with Crippen LogP contribution in [0.4, 0.5) is 15.4 Å². The Hall–Kier alpha value is -4.28. The zero-order chi connectivity index (χ0) is 30.9. The molecule has 1 aliphatic heterocycles. The van der Waals surface area contributed by atoms with Gasteiger partial charge in [0.05, 0.1) is 11.0 Å². The van der Waals surface area contributed by atoms with Crippen LogP contribution in [0.15, 0.2) is 30.6 Å². The summed E-state index contributed by atoms with van der Waals surface area (Å²) in [4.78, 5) is 59.6. The molecule has 224 valence electrons. The van der Waals surface area contributed by atoms with Crippen LogP contribution in [0.2, 0.25) is 0 Å². The number of carboxylic acid groups (broad SMARTS) is 1. The molecule has 1 spiro atoms. The van der Waals surface area contributed by atoms with Gasteiger partial charge in [0.1, 0.15) is 17.0 Å². The molecule has 2 aromatic heterocycles. The molecule has 2 aliphatic rings. The van der Waals surface area contributed by atoms with Gasteiger partial charge in [-0.05, 0) is 90.5 Å². The van der Waals surface area contributed by atoms with Gasteiger partial charge in [0.15, 0.2) is 0 Å². The number of ether oxygens (including phenoxy) is 2. The Kier molecular flexibility index (Phi) is 8.43. The third-order valence-corrected chi connectivity index (χ3v) is 6.90. The number of amides is 3. The van der Waals surface area contributed by atoms with E-state index >= 15 is 0 Å². The summed E-state index contributed by atoms with van der Waals surface area (Å²) >= 11 is 0. The van der Waals surface area contributed by atoms with Crippen molar-refractivity contribution in [3.63, 3.8) is 0 Å². The lowest BCUT2D eigenvalue weighted by Gasteiger charge is -2.28. The first-order valence-corrected chi connectivity index (χ1v) is 14.0. The number of nitrogens with zero attached hydrogens (tertiary/aromatic N) is 3. The highest BCUT2D eigenvalue weighted by Gasteiger charge is 2.52. The van der Waals surface area contributed by atoms with Crippen LogP contribution in [0, 0.1) is 0 Å². The van der Waals surface area contributed by atoms with Crippen molar-refractivity contribution in [1.82, 2.24) is 14.9 Å². The van der Waals surface area contributed by atoms with Gasteiger partial charge in [-0.2, -0.15) is 0 Å². The molecule has 0 fully saturated rings. The molecule has 1 atom stereocenters. The van der Waals surface area contributed by atoms with Crippen molar-refractivity contribution in [1.29, 1.82) is 0 Å². The Morgan fingerprint density at radius 2 is 1.67 bits per heavy atom. The maximum atomic E-state index is 13.1. The van der Waals surface area contributed by atoms with Crippen LogP contribution < -0.4 is 5.32 Å². The third kappa shape index (κ3) is 6.95. The fourth-order valence-corrected chi connectivity index (χ4v) is 5.02. The average molecular weight is 579 g/mol. The lowest BCUT2D eigenvalue weighted by atomic mass is 9.79. The van der Waals surface area contributed by atoms with E-state index in [2.05, 4.69) is 15.3 Å². The number of pyridine rings is 2. The lowest BCUT2D eigenvalue weighted by Crippen LogP contribution is -2.44. The molecule has 0 aromatic carbocycles. The summed E-state index contributed by atoms with van der Waals surface area (Å²) in [6.07, 6.45) is 8.11. The van der Waals surface area contributed by atoms with E-state index in [1.54, 1.807) is 53.8 Å². The van der Waals surface area contributed by atoms with E-state index in [0.29, 0.717) is 37.9 Å². The standard InChI is InChI=1S/C31H38N4O7/c1-29(2,3)41-27(39)35(28(40)42-30(4,5)6)12-10-8-7-9-11-19-13-22-24(33-17-19)34-26(38)31(22)15-20-14-21(25(36)37)18-32-23(20)16-31/h9,11,13-14,17-18H,7-8,10,12,15-16H2,1-6H3,(H,36,37)(H,33,34,38)/b11-9+/t31-/m0/s1. The molecule has 11 heteroatoms. The van der Waals surface area contributed by atoms with Gasteiger partial charge in [0.25, 0.3) is 0 Å². The second kappa shape index (κ2) is 11.5. The number of carbonyl (C=O) groups excluding carboxylic acids is 3. The minimum Gasteiger partial charge on any atom is -0.478 e. The number of aromatic carboxylic acids is 1. The predicted molar refractivity (Wildman–Crippen MR) is 155 cm³/mol. The quantitative estimate of drug-likeness (QED) is 0.405. The van der Waals surface area contributed by atoms with Crippen molar-refractivity contribution >= 4 is 36.0 Å². The molecule has 3 heterocycles. The first-order chi connectivity index (χ1) is 19.6. The predicted octanol–water partition coefficient (Wildman–Crippen LogP) is 5.52. The van der Waals surface area contributed by atoms with Crippen LogP contribution >= 0.6 is 0 Å². The number of carboxylic acids is 1. The fraction of sp³-hybridized carbons (Fsp3) is 0.484. The number of anilines is 1. The molecule has 2 N–H and O–H groups in total. The number of imide groups is 1. The topological polar surface area (TPSA) is 148 Å². The summed E-state index contributed by atoms with van der Waals surface area (Å²) in [6, 6.07) is 3.53. The molecule has 3 amide bonds. The summed E-state index contributed by atoms with van der Waals surface area (Å²) in [6.45, 7) is 10.6. The van der Waals surface area contributed by atoms with E-state index in [1.165, 1.54) is 6.20 Å². The van der Waals surface area contributed by atoms with E-state index in [0.717, 1.165) is 27.3 Å². The number of fused-ring (bicyclic) bond motifs is 3. The highest BCUT2D eigenvalue weighted by molar-refractivity contribution is 6.06. The number of carbonyl (C=O) groups is 4. The molecule has 0 bridgehead atoms. The first-order valence-electron chi connectivity index (χ1n) is 14.0. The van der Waals surface area contributed by atoms with Crippen molar-refractivity contribution < 1.29 is 33.8 Å². The van der Waals surface area contributed by atoms with Crippen molar-refractivity contribution in [2.45, 2.75) is 90.3 Å².